The molecule has 0 aliphatic heterocycles. The van der Waals surface area contributed by atoms with Crippen LogP contribution in [0.25, 0.3) is 0 Å². The van der Waals surface area contributed by atoms with Crippen LogP contribution in [0.15, 0.2) is 55.1 Å². The Morgan fingerprint density at radius 3 is 1.84 bits per heavy atom. The van der Waals surface area contributed by atoms with Crippen molar-refractivity contribution < 1.29 is 67.6 Å². The van der Waals surface area contributed by atoms with Gasteiger partial charge in [0.25, 0.3) is 0 Å². The lowest BCUT2D eigenvalue weighted by Gasteiger charge is -2.37. The second kappa shape index (κ2) is 20.1. The predicted molar refractivity (Wildman–Crippen MR) is 200 cm³/mol. The van der Waals surface area contributed by atoms with Gasteiger partial charge in [-0.05, 0) is 72.8 Å². The lowest BCUT2D eigenvalue weighted by atomic mass is 9.87. The molecule has 0 N–H and O–H groups in total. The zero-order chi connectivity index (χ0) is 42.8. The Bertz CT molecular complexity index is 1500. The second-order valence-corrected chi connectivity index (χ2v) is 20.3. The first-order valence-electron chi connectivity index (χ1n) is 18.4. The molecule has 0 aromatic heterocycles. The lowest BCUT2D eigenvalue weighted by molar-refractivity contribution is -0.396. The summed E-state index contributed by atoms with van der Waals surface area (Å²) in [4.78, 5) is 0. The molecule has 0 saturated heterocycles. The minimum absolute atomic E-state index is 0.0443. The molecule has 2 aromatic rings. The molecule has 0 fully saturated rings. The number of hydrogen-bond donors (Lipinski definition) is 0. The molecule has 0 unspecified atom stereocenters. The van der Waals surface area contributed by atoms with Gasteiger partial charge in [0.1, 0.15) is 5.75 Å². The summed E-state index contributed by atoms with van der Waals surface area (Å²) in [7, 11) is 1.13. The normalized spacial score (nSPS) is 15.5. The average Bonchev–Trinajstić information content (AvgIpc) is 3.12. The molecular weight excluding hydrogens is 776 g/mol. The van der Waals surface area contributed by atoms with E-state index < -0.39 is 51.7 Å². The van der Waals surface area contributed by atoms with E-state index in [4.69, 9.17) is 28.1 Å². The van der Waals surface area contributed by atoms with E-state index in [2.05, 4.69) is 47.4 Å². The zero-order valence-corrected chi connectivity index (χ0v) is 34.6. The van der Waals surface area contributed by atoms with Crippen molar-refractivity contribution in [3.63, 3.8) is 0 Å². The third kappa shape index (κ3) is 12.8. The van der Waals surface area contributed by atoms with Crippen LogP contribution in [0.5, 0.6) is 17.2 Å². The first-order valence-corrected chi connectivity index (χ1v) is 21.3. The van der Waals surface area contributed by atoms with Gasteiger partial charge in [0.2, 0.25) is 0 Å². The van der Waals surface area contributed by atoms with E-state index in [-0.39, 0.29) is 48.0 Å². The van der Waals surface area contributed by atoms with E-state index in [1.54, 1.807) is 26.4 Å². The fraction of sp³-hybridized carbons (Fsp3) is 0.650. The van der Waals surface area contributed by atoms with E-state index >= 15 is 0 Å². The second-order valence-electron chi connectivity index (χ2n) is 15.5. The molecule has 16 heteroatoms. The van der Waals surface area contributed by atoms with Gasteiger partial charge in [-0.25, -0.2) is 0 Å². The van der Waals surface area contributed by atoms with E-state index in [1.165, 1.54) is 12.1 Å². The molecule has 0 heterocycles. The molecule has 4 atom stereocenters. The summed E-state index contributed by atoms with van der Waals surface area (Å²) in [5.41, 5.74) is 1.60. The van der Waals surface area contributed by atoms with Gasteiger partial charge in [-0.3, -0.25) is 0 Å². The van der Waals surface area contributed by atoms with Gasteiger partial charge in [0.05, 0.1) is 46.2 Å². The first-order chi connectivity index (χ1) is 25.8. The summed E-state index contributed by atoms with van der Waals surface area (Å²) >= 11 is 0. The van der Waals surface area contributed by atoms with E-state index in [0.717, 1.165) is 12.0 Å². The highest BCUT2D eigenvalue weighted by atomic mass is 28.4. The van der Waals surface area contributed by atoms with Crippen LogP contribution in [0.3, 0.4) is 0 Å². The summed E-state index contributed by atoms with van der Waals surface area (Å²) in [6.07, 6.45) is -7.12. The van der Waals surface area contributed by atoms with Gasteiger partial charge >= 0.3 is 23.9 Å². The molecule has 0 aliphatic rings. The average molecular weight is 833 g/mol. The van der Waals surface area contributed by atoms with Crippen molar-refractivity contribution in [3.05, 3.63) is 66.2 Å². The molecule has 2 aromatic carbocycles. The van der Waals surface area contributed by atoms with Crippen LogP contribution in [0.2, 0.25) is 18.1 Å². The highest BCUT2D eigenvalue weighted by molar-refractivity contribution is 6.74. The van der Waals surface area contributed by atoms with Crippen molar-refractivity contribution >= 4 is 8.32 Å². The maximum absolute atomic E-state index is 13.9. The lowest BCUT2D eigenvalue weighted by Crippen LogP contribution is -2.60. The molecule has 0 saturated carbocycles. The van der Waals surface area contributed by atoms with Crippen LogP contribution in [-0.4, -0.2) is 71.9 Å². The highest BCUT2D eigenvalue weighted by Crippen LogP contribution is 2.54. The number of rotatable bonds is 24. The number of benzene rings is 2. The number of halogens is 9. The smallest absolute Gasteiger partial charge is 0.460 e. The summed E-state index contributed by atoms with van der Waals surface area (Å²) in [5, 5.41) is 0.0443. The maximum Gasteiger partial charge on any atom is 0.460 e. The number of alkyl halides is 9. The largest absolute Gasteiger partial charge is 0.494 e. The minimum atomic E-state index is -6.92. The zero-order valence-electron chi connectivity index (χ0n) is 33.6. The molecule has 0 radical (unpaired) electrons. The third-order valence-electron chi connectivity index (χ3n) is 10.3. The molecule has 0 aliphatic carbocycles. The Balaban J connectivity index is 2.14. The van der Waals surface area contributed by atoms with Crippen molar-refractivity contribution in [2.75, 3.05) is 27.4 Å². The topological polar surface area (TPSA) is 55.4 Å². The summed E-state index contributed by atoms with van der Waals surface area (Å²) in [5.74, 6) is -18.1. The molecule has 0 spiro atoms. The quantitative estimate of drug-likeness (QED) is 0.0455. The minimum Gasteiger partial charge on any atom is -0.494 e. The van der Waals surface area contributed by atoms with Crippen LogP contribution >= 0.6 is 0 Å². The fourth-order valence-electron chi connectivity index (χ4n) is 5.55. The maximum atomic E-state index is 13.9. The van der Waals surface area contributed by atoms with Gasteiger partial charge in [0, 0.05) is 24.9 Å². The highest BCUT2D eigenvalue weighted by Gasteiger charge is 2.81. The standard InChI is InChI=1S/C40H57F9O6Si/c1-11-27(2)35(54-26-30-17-20-33(50-7)34(24-30)51-8)28(3)32(14-12-23-55-56(9,10)36(4,5)6)53-25-29-15-18-31(19-16-29)52-22-13-21-37(41,42)38(43,44)39(45,46)40(47,48)49/h11,15-20,24,27-28,32,35H,1,12-14,21-23,25-26H2,2-10H3/t27-,28-,32+,35-/m0/s1. The van der Waals surface area contributed by atoms with Gasteiger partial charge in [0.15, 0.2) is 19.8 Å². The molecule has 6 nitrogen and oxygen atoms in total. The van der Waals surface area contributed by atoms with Gasteiger partial charge < -0.3 is 28.1 Å². The third-order valence-corrected chi connectivity index (χ3v) is 14.8. The van der Waals surface area contributed by atoms with Crippen molar-refractivity contribution in [1.29, 1.82) is 0 Å². The van der Waals surface area contributed by atoms with E-state index in [9.17, 15) is 39.5 Å². The fourth-order valence-corrected chi connectivity index (χ4v) is 6.64. The number of hydrogen-bond acceptors (Lipinski definition) is 6. The molecule has 320 valence electrons. The number of methoxy groups -OCH3 is 2. The van der Waals surface area contributed by atoms with E-state index in [0.29, 0.717) is 30.1 Å². The van der Waals surface area contributed by atoms with Crippen LogP contribution in [0.4, 0.5) is 39.5 Å². The Labute approximate surface area is 326 Å². The first kappa shape index (κ1) is 49.2. The van der Waals surface area contributed by atoms with Crippen LogP contribution < -0.4 is 14.2 Å². The predicted octanol–water partition coefficient (Wildman–Crippen LogP) is 12.1. The Morgan fingerprint density at radius 2 is 1.30 bits per heavy atom. The van der Waals surface area contributed by atoms with E-state index in [1.807, 2.05) is 31.2 Å². The molecular formula is C40H57F9O6Si. The summed E-state index contributed by atoms with van der Waals surface area (Å²) in [6.45, 7) is 19.3. The monoisotopic (exact) mass is 832 g/mol. The molecule has 2 rings (SSSR count). The van der Waals surface area contributed by atoms with Crippen LogP contribution in [0, 0.1) is 11.8 Å². The Hall–Kier alpha value is -2.95. The van der Waals surface area contributed by atoms with Crippen molar-refractivity contribution in [3.8, 4) is 17.2 Å². The SMILES string of the molecule is C=C[C@H](C)[C@H](OCc1ccc(OC)c(OC)c1)[C@@H](C)[C@@H](CCCO[Si](C)(C)C(C)(C)C)OCc1ccc(OCCCC(F)(F)C(F)(F)C(F)(F)C(F)(F)F)cc1. The molecule has 56 heavy (non-hydrogen) atoms. The van der Waals surface area contributed by atoms with Crippen molar-refractivity contribution in [2.24, 2.45) is 11.8 Å². The van der Waals surface area contributed by atoms with Crippen LogP contribution in [0.1, 0.15) is 71.4 Å². The van der Waals surface area contributed by atoms with Crippen LogP contribution in [-0.2, 0) is 27.1 Å². The van der Waals surface area contributed by atoms with Gasteiger partial charge in [-0.15, -0.1) is 6.58 Å². The Kier molecular flexibility index (Phi) is 17.7. The van der Waals surface area contributed by atoms with Gasteiger partial charge in [-0.2, -0.15) is 39.5 Å². The van der Waals surface area contributed by atoms with Gasteiger partial charge in [-0.1, -0.05) is 58.9 Å². The molecule has 0 bridgehead atoms. The van der Waals surface area contributed by atoms with Crippen molar-refractivity contribution in [1.82, 2.24) is 0 Å². The molecule has 0 amide bonds. The van der Waals surface area contributed by atoms with Crippen molar-refractivity contribution in [2.45, 2.75) is 128 Å². The Morgan fingerprint density at radius 1 is 0.732 bits per heavy atom. The summed E-state index contributed by atoms with van der Waals surface area (Å²) in [6, 6.07) is 11.8. The number of ether oxygens (including phenoxy) is 5. The summed E-state index contributed by atoms with van der Waals surface area (Å²) < 4.78 is 154.